The molecule has 2 N–H and O–H groups in total. The SMILES string of the molecule is CCNc1ncc([N+](=O)[O-])cc1C(=O)NCC1(CC)CC1. The number of amides is 1. The van der Waals surface area contributed by atoms with Crippen LogP contribution < -0.4 is 10.6 Å². The van der Waals surface area contributed by atoms with Gasteiger partial charge in [-0.05, 0) is 31.6 Å². The molecule has 1 aliphatic carbocycles. The quantitative estimate of drug-likeness (QED) is 0.594. The molecule has 0 spiro atoms. The van der Waals surface area contributed by atoms with E-state index in [1.807, 2.05) is 6.92 Å². The molecule has 114 valence electrons. The summed E-state index contributed by atoms with van der Waals surface area (Å²) >= 11 is 0. The largest absolute Gasteiger partial charge is 0.370 e. The second-order valence-corrected chi connectivity index (χ2v) is 5.41. The Balaban J connectivity index is 2.16. The second kappa shape index (κ2) is 6.07. The fraction of sp³-hybridized carbons (Fsp3) is 0.571. The van der Waals surface area contributed by atoms with Crippen molar-refractivity contribution in [1.29, 1.82) is 0 Å². The van der Waals surface area contributed by atoms with Gasteiger partial charge in [-0.2, -0.15) is 0 Å². The smallest absolute Gasteiger partial charge is 0.288 e. The maximum atomic E-state index is 12.3. The lowest BCUT2D eigenvalue weighted by Crippen LogP contribution is -2.30. The molecule has 1 amide bonds. The van der Waals surface area contributed by atoms with Crippen molar-refractivity contribution >= 4 is 17.4 Å². The Bertz CT molecular complexity index is 555. The third-order valence-corrected chi connectivity index (χ3v) is 4.00. The zero-order valence-electron chi connectivity index (χ0n) is 12.3. The van der Waals surface area contributed by atoms with Crippen LogP contribution in [0, 0.1) is 15.5 Å². The van der Waals surface area contributed by atoms with Crippen LogP contribution in [-0.4, -0.2) is 28.9 Å². The van der Waals surface area contributed by atoms with Crippen molar-refractivity contribution in [2.75, 3.05) is 18.4 Å². The molecule has 0 radical (unpaired) electrons. The fourth-order valence-electron chi connectivity index (χ4n) is 2.23. The topological polar surface area (TPSA) is 97.2 Å². The molecule has 21 heavy (non-hydrogen) atoms. The molecule has 0 saturated heterocycles. The van der Waals surface area contributed by atoms with Crippen molar-refractivity contribution in [3.63, 3.8) is 0 Å². The number of rotatable bonds is 7. The molecule has 1 aliphatic rings. The molecule has 0 aromatic carbocycles. The monoisotopic (exact) mass is 292 g/mol. The Hall–Kier alpha value is -2.18. The number of aromatic nitrogens is 1. The number of nitrogens with zero attached hydrogens (tertiary/aromatic N) is 2. The summed E-state index contributed by atoms with van der Waals surface area (Å²) in [5.74, 6) is 0.0591. The predicted octanol–water partition coefficient (Wildman–Crippen LogP) is 2.34. The number of anilines is 1. The van der Waals surface area contributed by atoms with E-state index in [1.54, 1.807) is 0 Å². The highest BCUT2D eigenvalue weighted by atomic mass is 16.6. The molecule has 0 bridgehead atoms. The minimum Gasteiger partial charge on any atom is -0.370 e. The number of hydrogen-bond acceptors (Lipinski definition) is 5. The van der Waals surface area contributed by atoms with Crippen LogP contribution in [0.5, 0.6) is 0 Å². The van der Waals surface area contributed by atoms with Crippen LogP contribution in [0.2, 0.25) is 0 Å². The molecule has 1 saturated carbocycles. The van der Waals surface area contributed by atoms with Crippen molar-refractivity contribution in [1.82, 2.24) is 10.3 Å². The number of pyridine rings is 1. The van der Waals surface area contributed by atoms with E-state index in [4.69, 9.17) is 0 Å². The molecular weight excluding hydrogens is 272 g/mol. The molecule has 1 fully saturated rings. The molecule has 7 heteroatoms. The van der Waals surface area contributed by atoms with Crippen LogP contribution in [0.4, 0.5) is 11.5 Å². The minimum atomic E-state index is -0.548. The van der Waals surface area contributed by atoms with E-state index >= 15 is 0 Å². The van der Waals surface area contributed by atoms with Gasteiger partial charge in [-0.15, -0.1) is 0 Å². The number of hydrogen-bond donors (Lipinski definition) is 2. The zero-order chi connectivity index (χ0) is 15.5. The molecule has 0 aliphatic heterocycles. The number of nitro groups is 1. The van der Waals surface area contributed by atoms with E-state index in [1.165, 1.54) is 6.07 Å². The highest BCUT2D eigenvalue weighted by Gasteiger charge is 2.40. The van der Waals surface area contributed by atoms with Crippen LogP contribution in [0.15, 0.2) is 12.3 Å². The summed E-state index contributed by atoms with van der Waals surface area (Å²) in [6.45, 7) is 5.18. The van der Waals surface area contributed by atoms with Crippen LogP contribution >= 0.6 is 0 Å². The summed E-state index contributed by atoms with van der Waals surface area (Å²) in [6, 6.07) is 1.27. The van der Waals surface area contributed by atoms with E-state index in [2.05, 4.69) is 22.5 Å². The van der Waals surface area contributed by atoms with Gasteiger partial charge in [-0.3, -0.25) is 14.9 Å². The first kappa shape index (κ1) is 15.2. The fourth-order valence-corrected chi connectivity index (χ4v) is 2.23. The number of nitrogens with one attached hydrogen (secondary N) is 2. The first-order chi connectivity index (χ1) is 10.0. The van der Waals surface area contributed by atoms with Gasteiger partial charge in [0.05, 0.1) is 10.5 Å². The average molecular weight is 292 g/mol. The lowest BCUT2D eigenvalue weighted by atomic mass is 10.0. The average Bonchev–Trinajstić information content (AvgIpc) is 3.26. The van der Waals surface area contributed by atoms with Crippen molar-refractivity contribution in [3.05, 3.63) is 27.9 Å². The van der Waals surface area contributed by atoms with E-state index in [0.717, 1.165) is 25.5 Å². The standard InChI is InChI=1S/C14H20N4O3/c1-3-14(5-6-14)9-17-13(19)11-7-10(18(20)21)8-16-12(11)15-4-2/h7-8H,3-6,9H2,1-2H3,(H,15,16)(H,17,19). The van der Waals surface area contributed by atoms with Crippen LogP contribution in [0.1, 0.15) is 43.5 Å². The summed E-state index contributed by atoms with van der Waals surface area (Å²) in [5.41, 5.74) is 0.263. The van der Waals surface area contributed by atoms with Gasteiger partial charge in [0.15, 0.2) is 0 Å². The Kier molecular flexibility index (Phi) is 4.40. The second-order valence-electron chi connectivity index (χ2n) is 5.41. The molecule has 7 nitrogen and oxygen atoms in total. The summed E-state index contributed by atoms with van der Waals surface area (Å²) in [7, 11) is 0. The maximum absolute atomic E-state index is 12.3. The van der Waals surface area contributed by atoms with Gasteiger partial charge in [0.2, 0.25) is 0 Å². The highest BCUT2D eigenvalue weighted by Crippen LogP contribution is 2.47. The molecule has 0 unspecified atom stereocenters. The van der Waals surface area contributed by atoms with Crippen LogP contribution in [0.25, 0.3) is 0 Å². The van der Waals surface area contributed by atoms with Gasteiger partial charge in [0, 0.05) is 19.2 Å². The van der Waals surface area contributed by atoms with E-state index in [-0.39, 0.29) is 22.6 Å². The van der Waals surface area contributed by atoms with Gasteiger partial charge >= 0.3 is 0 Å². The number of carbonyl (C=O) groups is 1. The van der Waals surface area contributed by atoms with Gasteiger partial charge in [0.25, 0.3) is 11.6 Å². The Morgan fingerprint density at radius 3 is 2.71 bits per heavy atom. The third kappa shape index (κ3) is 3.48. The lowest BCUT2D eigenvalue weighted by molar-refractivity contribution is -0.385. The first-order valence-electron chi connectivity index (χ1n) is 7.18. The maximum Gasteiger partial charge on any atom is 0.288 e. The summed E-state index contributed by atoms with van der Waals surface area (Å²) < 4.78 is 0. The Morgan fingerprint density at radius 1 is 1.48 bits per heavy atom. The normalized spacial score (nSPS) is 15.3. The van der Waals surface area contributed by atoms with Crippen molar-refractivity contribution in [2.24, 2.45) is 5.41 Å². The van der Waals surface area contributed by atoms with Gasteiger partial charge < -0.3 is 10.6 Å². The highest BCUT2D eigenvalue weighted by molar-refractivity contribution is 5.99. The third-order valence-electron chi connectivity index (χ3n) is 4.00. The predicted molar refractivity (Wildman–Crippen MR) is 79.3 cm³/mol. The lowest BCUT2D eigenvalue weighted by Gasteiger charge is -2.14. The Labute approximate surface area is 123 Å². The molecule has 1 aromatic rings. The molecule has 2 rings (SSSR count). The van der Waals surface area contributed by atoms with Crippen molar-refractivity contribution < 1.29 is 9.72 Å². The molecule has 1 heterocycles. The summed E-state index contributed by atoms with van der Waals surface area (Å²) in [6.07, 6.45) is 4.43. The summed E-state index contributed by atoms with van der Waals surface area (Å²) in [5, 5.41) is 16.7. The van der Waals surface area contributed by atoms with Crippen molar-refractivity contribution in [2.45, 2.75) is 33.1 Å². The first-order valence-corrected chi connectivity index (χ1v) is 7.18. The van der Waals surface area contributed by atoms with Gasteiger partial charge in [-0.1, -0.05) is 6.92 Å². The minimum absolute atomic E-state index is 0.182. The van der Waals surface area contributed by atoms with Crippen molar-refractivity contribution in [3.8, 4) is 0 Å². The summed E-state index contributed by atoms with van der Waals surface area (Å²) in [4.78, 5) is 26.6. The molecular formula is C14H20N4O3. The van der Waals surface area contributed by atoms with E-state index in [0.29, 0.717) is 18.9 Å². The zero-order valence-corrected chi connectivity index (χ0v) is 12.3. The number of carbonyl (C=O) groups excluding carboxylic acids is 1. The molecule has 0 atom stereocenters. The Morgan fingerprint density at radius 2 is 2.19 bits per heavy atom. The molecule has 1 aromatic heterocycles. The van der Waals surface area contributed by atoms with E-state index < -0.39 is 4.92 Å². The van der Waals surface area contributed by atoms with Gasteiger partial charge in [-0.25, -0.2) is 4.98 Å². The van der Waals surface area contributed by atoms with Crippen LogP contribution in [0.3, 0.4) is 0 Å². The van der Waals surface area contributed by atoms with Gasteiger partial charge in [0.1, 0.15) is 12.0 Å². The van der Waals surface area contributed by atoms with Crippen LogP contribution in [-0.2, 0) is 0 Å². The van der Waals surface area contributed by atoms with E-state index in [9.17, 15) is 14.9 Å².